The fourth-order valence-electron chi connectivity index (χ4n) is 3.95. The lowest BCUT2D eigenvalue weighted by atomic mass is 9.87. The maximum Gasteiger partial charge on any atom is 0.293 e. The van der Waals surface area contributed by atoms with Crippen LogP contribution < -0.4 is 16.0 Å². The lowest BCUT2D eigenvalue weighted by Crippen LogP contribution is -2.39. The number of nitrogen functional groups attached to an aromatic ring is 1. The molecule has 8 heteroatoms. The summed E-state index contributed by atoms with van der Waals surface area (Å²) in [5.74, 6) is 0.336. The van der Waals surface area contributed by atoms with Crippen molar-refractivity contribution in [2.45, 2.75) is 57.7 Å². The van der Waals surface area contributed by atoms with Crippen LogP contribution in [0.25, 0.3) is 0 Å². The Bertz CT molecular complexity index is 711. The molecule has 2 fully saturated rings. The SMILES string of the molecule is CC1CCC(NC(=O)c2cc([N+](=O)[O-])c(N)cc2N2CCC(F)CC2)CC1. The number of carbonyl (C=O) groups excluding carboxylic acids is 1. The molecule has 0 aromatic heterocycles. The summed E-state index contributed by atoms with van der Waals surface area (Å²) in [5, 5.41) is 14.3. The van der Waals surface area contributed by atoms with Gasteiger partial charge in [0.15, 0.2) is 0 Å². The molecule has 1 aliphatic heterocycles. The van der Waals surface area contributed by atoms with Gasteiger partial charge in [-0.25, -0.2) is 4.39 Å². The first-order valence-corrected chi connectivity index (χ1v) is 9.63. The van der Waals surface area contributed by atoms with Crippen LogP contribution in [-0.2, 0) is 0 Å². The van der Waals surface area contributed by atoms with Crippen molar-refractivity contribution >= 4 is 23.0 Å². The smallest absolute Gasteiger partial charge is 0.293 e. The van der Waals surface area contributed by atoms with Crippen molar-refractivity contribution in [2.24, 2.45) is 5.92 Å². The Hall–Kier alpha value is -2.38. The van der Waals surface area contributed by atoms with Gasteiger partial charge in [0, 0.05) is 25.2 Å². The molecule has 3 rings (SSSR count). The summed E-state index contributed by atoms with van der Waals surface area (Å²) in [6.07, 6.45) is 3.84. The number of nitrogens with zero attached hydrogens (tertiary/aromatic N) is 2. The molecule has 0 spiro atoms. The first-order chi connectivity index (χ1) is 12.8. The quantitative estimate of drug-likeness (QED) is 0.475. The summed E-state index contributed by atoms with van der Waals surface area (Å²) in [4.78, 5) is 25.5. The number of nitrogens with two attached hydrogens (primary N) is 1. The van der Waals surface area contributed by atoms with Crippen molar-refractivity contribution < 1.29 is 14.1 Å². The van der Waals surface area contributed by atoms with Crippen molar-refractivity contribution in [3.8, 4) is 0 Å². The van der Waals surface area contributed by atoms with E-state index in [1.165, 1.54) is 12.1 Å². The van der Waals surface area contributed by atoms with E-state index in [1.54, 1.807) is 0 Å². The van der Waals surface area contributed by atoms with Crippen LogP contribution in [0.15, 0.2) is 12.1 Å². The zero-order valence-electron chi connectivity index (χ0n) is 15.6. The highest BCUT2D eigenvalue weighted by atomic mass is 19.1. The standard InChI is InChI=1S/C19H27FN4O3/c1-12-2-4-14(5-3-12)22-19(25)15-10-18(24(26)27)16(21)11-17(15)23-8-6-13(20)7-9-23/h10-14H,2-9,21H2,1H3,(H,22,25). The van der Waals surface area contributed by atoms with Gasteiger partial charge in [0.2, 0.25) is 0 Å². The molecule has 2 aliphatic rings. The Labute approximate surface area is 158 Å². The van der Waals surface area contributed by atoms with Crippen LogP contribution in [0.4, 0.5) is 21.5 Å². The molecule has 148 valence electrons. The second kappa shape index (κ2) is 8.10. The zero-order valence-corrected chi connectivity index (χ0v) is 15.6. The number of amides is 1. The van der Waals surface area contributed by atoms with Crippen LogP contribution in [0, 0.1) is 16.0 Å². The lowest BCUT2D eigenvalue weighted by molar-refractivity contribution is -0.383. The molecular weight excluding hydrogens is 351 g/mol. The van der Waals surface area contributed by atoms with Gasteiger partial charge in [-0.3, -0.25) is 14.9 Å². The average Bonchev–Trinajstić information content (AvgIpc) is 2.63. The van der Waals surface area contributed by atoms with Crippen molar-refractivity contribution in [1.29, 1.82) is 0 Å². The Morgan fingerprint density at radius 2 is 1.85 bits per heavy atom. The minimum atomic E-state index is -0.849. The van der Waals surface area contributed by atoms with E-state index in [1.807, 2.05) is 4.90 Å². The summed E-state index contributed by atoms with van der Waals surface area (Å²) >= 11 is 0. The Morgan fingerprint density at radius 1 is 1.22 bits per heavy atom. The summed E-state index contributed by atoms with van der Waals surface area (Å²) in [7, 11) is 0. The molecule has 1 saturated carbocycles. The molecule has 1 amide bonds. The summed E-state index contributed by atoms with van der Waals surface area (Å²) in [6.45, 7) is 3.12. The lowest BCUT2D eigenvalue weighted by Gasteiger charge is -2.32. The van der Waals surface area contributed by atoms with Crippen LogP contribution in [-0.4, -0.2) is 36.1 Å². The summed E-state index contributed by atoms with van der Waals surface area (Å²) in [6, 6.07) is 2.82. The van der Waals surface area contributed by atoms with Crippen LogP contribution in [0.5, 0.6) is 0 Å². The van der Waals surface area contributed by atoms with Crippen LogP contribution in [0.2, 0.25) is 0 Å². The highest BCUT2D eigenvalue weighted by molar-refractivity contribution is 6.02. The third-order valence-electron chi connectivity index (χ3n) is 5.70. The predicted molar refractivity (Wildman–Crippen MR) is 103 cm³/mol. The Balaban J connectivity index is 1.87. The highest BCUT2D eigenvalue weighted by Crippen LogP contribution is 2.34. The van der Waals surface area contributed by atoms with E-state index < -0.39 is 11.1 Å². The monoisotopic (exact) mass is 378 g/mol. The number of nitro groups is 1. The van der Waals surface area contributed by atoms with Gasteiger partial charge in [-0.15, -0.1) is 0 Å². The summed E-state index contributed by atoms with van der Waals surface area (Å²) < 4.78 is 13.5. The number of carbonyl (C=O) groups is 1. The maximum absolute atomic E-state index is 13.5. The molecule has 0 unspecified atom stereocenters. The van der Waals surface area contributed by atoms with E-state index in [0.717, 1.165) is 25.7 Å². The average molecular weight is 378 g/mol. The van der Waals surface area contributed by atoms with Gasteiger partial charge in [-0.2, -0.15) is 0 Å². The van der Waals surface area contributed by atoms with Gasteiger partial charge in [-0.1, -0.05) is 6.92 Å². The fraction of sp³-hybridized carbons (Fsp3) is 0.632. The third kappa shape index (κ3) is 4.48. The number of nitrogens with one attached hydrogen (secondary N) is 1. The summed E-state index contributed by atoms with van der Waals surface area (Å²) in [5.41, 5.74) is 6.38. The van der Waals surface area contributed by atoms with Crippen LogP contribution in [0.1, 0.15) is 55.8 Å². The number of anilines is 2. The Morgan fingerprint density at radius 3 is 2.44 bits per heavy atom. The first kappa shape index (κ1) is 19.4. The molecule has 0 radical (unpaired) electrons. The maximum atomic E-state index is 13.5. The molecule has 1 heterocycles. The number of alkyl halides is 1. The zero-order chi connectivity index (χ0) is 19.6. The van der Waals surface area contributed by atoms with Gasteiger partial charge < -0.3 is 16.0 Å². The van der Waals surface area contributed by atoms with Gasteiger partial charge in [0.1, 0.15) is 11.9 Å². The molecule has 7 nitrogen and oxygen atoms in total. The molecule has 3 N–H and O–H groups in total. The van der Waals surface area contributed by atoms with E-state index in [4.69, 9.17) is 5.73 Å². The molecular formula is C19H27FN4O3. The number of halogens is 1. The molecule has 27 heavy (non-hydrogen) atoms. The number of nitro benzene ring substituents is 1. The van der Waals surface area contributed by atoms with E-state index in [-0.39, 0.29) is 28.9 Å². The van der Waals surface area contributed by atoms with E-state index in [2.05, 4.69) is 12.2 Å². The van der Waals surface area contributed by atoms with Crippen LogP contribution >= 0.6 is 0 Å². The number of hydrogen-bond acceptors (Lipinski definition) is 5. The molecule has 1 aliphatic carbocycles. The van der Waals surface area contributed by atoms with Gasteiger partial charge in [0.25, 0.3) is 11.6 Å². The van der Waals surface area contributed by atoms with E-state index in [0.29, 0.717) is 37.5 Å². The van der Waals surface area contributed by atoms with Crippen molar-refractivity contribution in [3.05, 3.63) is 27.8 Å². The van der Waals surface area contributed by atoms with Gasteiger partial charge >= 0.3 is 0 Å². The molecule has 0 atom stereocenters. The minimum absolute atomic E-state index is 0.0143. The molecule has 0 bridgehead atoms. The number of rotatable bonds is 4. The van der Waals surface area contributed by atoms with Crippen molar-refractivity contribution in [1.82, 2.24) is 5.32 Å². The topological polar surface area (TPSA) is 101 Å². The molecule has 1 aromatic rings. The normalized spacial score (nSPS) is 23.9. The Kier molecular flexibility index (Phi) is 5.82. The minimum Gasteiger partial charge on any atom is -0.393 e. The highest BCUT2D eigenvalue weighted by Gasteiger charge is 2.28. The number of piperidine rings is 1. The van der Waals surface area contributed by atoms with Crippen LogP contribution in [0.3, 0.4) is 0 Å². The van der Waals surface area contributed by atoms with E-state index >= 15 is 0 Å². The third-order valence-corrected chi connectivity index (χ3v) is 5.70. The molecule has 1 aromatic carbocycles. The number of benzene rings is 1. The van der Waals surface area contributed by atoms with Gasteiger partial charge in [-0.05, 0) is 50.5 Å². The first-order valence-electron chi connectivity index (χ1n) is 9.63. The van der Waals surface area contributed by atoms with Crippen molar-refractivity contribution in [3.63, 3.8) is 0 Å². The number of hydrogen-bond donors (Lipinski definition) is 2. The van der Waals surface area contributed by atoms with Gasteiger partial charge in [0.05, 0.1) is 16.2 Å². The predicted octanol–water partition coefficient (Wildman–Crippen LogP) is 3.42. The molecule has 1 saturated heterocycles. The largest absolute Gasteiger partial charge is 0.393 e. The second-order valence-electron chi connectivity index (χ2n) is 7.78. The van der Waals surface area contributed by atoms with Crippen molar-refractivity contribution in [2.75, 3.05) is 23.7 Å². The fourth-order valence-corrected chi connectivity index (χ4v) is 3.95. The second-order valence-corrected chi connectivity index (χ2v) is 7.78. The van der Waals surface area contributed by atoms with E-state index in [9.17, 15) is 19.3 Å².